The Balaban J connectivity index is 1.64. The van der Waals surface area contributed by atoms with Crippen molar-refractivity contribution in [1.29, 1.82) is 0 Å². The Morgan fingerprint density at radius 3 is 2.69 bits per heavy atom. The third-order valence-electron chi connectivity index (χ3n) is 5.65. The molecule has 0 bridgehead atoms. The topological polar surface area (TPSA) is 94.4 Å². The molecular formula is C22H28N6O3S. The van der Waals surface area contributed by atoms with Gasteiger partial charge in [0.2, 0.25) is 5.88 Å². The van der Waals surface area contributed by atoms with Gasteiger partial charge >= 0.3 is 0 Å². The third kappa shape index (κ3) is 4.20. The third-order valence-corrected chi connectivity index (χ3v) is 6.48. The normalized spacial score (nSPS) is 18.2. The van der Waals surface area contributed by atoms with Crippen molar-refractivity contribution in [3.8, 4) is 17.3 Å². The molecule has 0 unspecified atom stereocenters. The van der Waals surface area contributed by atoms with Crippen molar-refractivity contribution >= 4 is 22.2 Å². The highest BCUT2D eigenvalue weighted by atomic mass is 32.1. The van der Waals surface area contributed by atoms with Crippen LogP contribution in [0.4, 0.5) is 10.8 Å². The second-order valence-corrected chi connectivity index (χ2v) is 8.58. The zero-order valence-corrected chi connectivity index (χ0v) is 19.8. The number of methoxy groups -OCH3 is 1. The number of pyridine rings is 1. The lowest BCUT2D eigenvalue weighted by molar-refractivity contribution is 0.0720. The van der Waals surface area contributed by atoms with E-state index < -0.39 is 0 Å². The lowest BCUT2D eigenvalue weighted by Crippen LogP contribution is -2.38. The maximum absolute atomic E-state index is 13.3. The van der Waals surface area contributed by atoms with E-state index in [4.69, 9.17) is 14.5 Å². The lowest BCUT2D eigenvalue weighted by Gasteiger charge is -2.22. The first kappa shape index (κ1) is 22.2. The van der Waals surface area contributed by atoms with Crippen LogP contribution in [-0.2, 0) is 11.8 Å². The van der Waals surface area contributed by atoms with E-state index in [1.165, 1.54) is 0 Å². The molecule has 0 spiro atoms. The molecule has 10 heteroatoms. The van der Waals surface area contributed by atoms with Gasteiger partial charge in [0.05, 0.1) is 30.6 Å². The fourth-order valence-corrected chi connectivity index (χ4v) is 4.68. The first-order valence-corrected chi connectivity index (χ1v) is 11.4. The summed E-state index contributed by atoms with van der Waals surface area (Å²) in [4.78, 5) is 29.1. The molecule has 170 valence electrons. The summed E-state index contributed by atoms with van der Waals surface area (Å²) in [5.74, 6) is 1.10. The molecule has 32 heavy (non-hydrogen) atoms. The highest BCUT2D eigenvalue weighted by Gasteiger charge is 2.35. The van der Waals surface area contributed by atoms with Gasteiger partial charge in [-0.3, -0.25) is 9.36 Å². The Bertz CT molecular complexity index is 1150. The van der Waals surface area contributed by atoms with Crippen LogP contribution < -0.4 is 20.5 Å². The molecule has 0 radical (unpaired) electrons. The highest BCUT2D eigenvalue weighted by Crippen LogP contribution is 2.27. The Labute approximate surface area is 191 Å². The van der Waals surface area contributed by atoms with Gasteiger partial charge in [-0.2, -0.15) is 0 Å². The quantitative estimate of drug-likeness (QED) is 0.580. The van der Waals surface area contributed by atoms with Crippen molar-refractivity contribution in [1.82, 2.24) is 19.5 Å². The van der Waals surface area contributed by atoms with Crippen molar-refractivity contribution in [2.24, 2.45) is 7.05 Å². The van der Waals surface area contributed by atoms with Gasteiger partial charge < -0.3 is 19.7 Å². The van der Waals surface area contributed by atoms with E-state index >= 15 is 0 Å². The predicted molar refractivity (Wildman–Crippen MR) is 126 cm³/mol. The first-order chi connectivity index (χ1) is 15.4. The number of ether oxygens (including phenoxy) is 2. The summed E-state index contributed by atoms with van der Waals surface area (Å²) >= 11 is 1.60. The van der Waals surface area contributed by atoms with Gasteiger partial charge in [-0.15, -0.1) is 11.3 Å². The molecule has 0 aromatic carbocycles. The number of anilines is 2. The van der Waals surface area contributed by atoms with Crippen LogP contribution in [0.3, 0.4) is 0 Å². The molecule has 1 aliphatic heterocycles. The first-order valence-electron chi connectivity index (χ1n) is 10.5. The van der Waals surface area contributed by atoms with Crippen LogP contribution in [0.15, 0.2) is 28.5 Å². The van der Waals surface area contributed by atoms with Crippen LogP contribution in [0.5, 0.6) is 5.88 Å². The molecule has 1 saturated heterocycles. The molecule has 4 heterocycles. The van der Waals surface area contributed by atoms with Gasteiger partial charge in [-0.25, -0.2) is 15.0 Å². The van der Waals surface area contributed by atoms with Gasteiger partial charge in [0.25, 0.3) is 5.56 Å². The molecule has 9 nitrogen and oxygen atoms in total. The van der Waals surface area contributed by atoms with E-state index in [0.717, 1.165) is 22.9 Å². The van der Waals surface area contributed by atoms with Crippen LogP contribution in [0.2, 0.25) is 0 Å². The van der Waals surface area contributed by atoms with E-state index in [1.807, 2.05) is 32.2 Å². The standard InChI is InChI=1S/C22H28N6O3S/c1-6-31-17-12-28(22-23-9-10-32-22)11-16(17)26-19-14(3)25-20(27(4)21(19)29)15-7-8-18(30-5)24-13(15)2/h7-10,16-17,26H,6,11-12H2,1-5H3/t16-,17-/m1/s1. The Morgan fingerprint density at radius 1 is 1.22 bits per heavy atom. The summed E-state index contributed by atoms with van der Waals surface area (Å²) in [5, 5.41) is 6.36. The number of hydrogen-bond acceptors (Lipinski definition) is 9. The van der Waals surface area contributed by atoms with Crippen molar-refractivity contribution in [2.75, 3.05) is 37.0 Å². The summed E-state index contributed by atoms with van der Waals surface area (Å²) < 4.78 is 12.7. The van der Waals surface area contributed by atoms with E-state index in [1.54, 1.807) is 42.3 Å². The van der Waals surface area contributed by atoms with Crippen molar-refractivity contribution in [3.63, 3.8) is 0 Å². The molecule has 0 saturated carbocycles. The second kappa shape index (κ2) is 9.25. The Hall–Kier alpha value is -2.98. The van der Waals surface area contributed by atoms with Gasteiger partial charge in [0.15, 0.2) is 5.13 Å². The van der Waals surface area contributed by atoms with E-state index in [9.17, 15) is 4.79 Å². The van der Waals surface area contributed by atoms with Crippen LogP contribution in [0.1, 0.15) is 18.3 Å². The van der Waals surface area contributed by atoms with Crippen LogP contribution in [0.25, 0.3) is 11.4 Å². The van der Waals surface area contributed by atoms with Gasteiger partial charge in [-0.1, -0.05) is 0 Å². The molecule has 3 aromatic heterocycles. The number of aromatic nitrogens is 4. The summed E-state index contributed by atoms with van der Waals surface area (Å²) in [6, 6.07) is 3.60. The van der Waals surface area contributed by atoms with E-state index in [0.29, 0.717) is 36.2 Å². The van der Waals surface area contributed by atoms with Crippen LogP contribution in [0, 0.1) is 13.8 Å². The molecule has 1 fully saturated rings. The minimum Gasteiger partial charge on any atom is -0.481 e. The SMILES string of the molecule is CCO[C@@H]1CN(c2nccs2)C[C@H]1Nc1c(C)nc(-c2ccc(OC)nc2C)n(C)c1=O. The average molecular weight is 457 g/mol. The summed E-state index contributed by atoms with van der Waals surface area (Å²) in [6.45, 7) is 7.73. The number of nitrogens with one attached hydrogen (secondary N) is 1. The smallest absolute Gasteiger partial charge is 0.277 e. The molecule has 0 aliphatic carbocycles. The summed E-state index contributed by atoms with van der Waals surface area (Å²) in [7, 11) is 3.31. The number of aryl methyl sites for hydroxylation is 2. The maximum atomic E-state index is 13.3. The molecular weight excluding hydrogens is 428 g/mol. The monoisotopic (exact) mass is 456 g/mol. The predicted octanol–water partition coefficient (Wildman–Crippen LogP) is 2.63. The Morgan fingerprint density at radius 2 is 2.03 bits per heavy atom. The number of hydrogen-bond donors (Lipinski definition) is 1. The fourth-order valence-electron chi connectivity index (χ4n) is 4.01. The van der Waals surface area contributed by atoms with Gasteiger partial charge in [0.1, 0.15) is 11.5 Å². The second-order valence-electron chi connectivity index (χ2n) is 7.71. The Kier molecular flexibility index (Phi) is 6.43. The molecule has 1 aliphatic rings. The number of rotatable bonds is 7. The average Bonchev–Trinajstić information content (AvgIpc) is 3.44. The summed E-state index contributed by atoms with van der Waals surface area (Å²) in [5.41, 5.74) is 2.54. The van der Waals surface area contributed by atoms with Crippen molar-refractivity contribution in [3.05, 3.63) is 45.5 Å². The van der Waals surface area contributed by atoms with Crippen LogP contribution in [-0.4, -0.2) is 58.5 Å². The minimum atomic E-state index is -0.134. The van der Waals surface area contributed by atoms with E-state index in [2.05, 4.69) is 20.2 Å². The molecule has 2 atom stereocenters. The lowest BCUT2D eigenvalue weighted by atomic mass is 10.1. The van der Waals surface area contributed by atoms with Crippen molar-refractivity contribution < 1.29 is 9.47 Å². The number of thiazole rings is 1. The van der Waals surface area contributed by atoms with Gasteiger partial charge in [0, 0.05) is 50.0 Å². The zero-order chi connectivity index (χ0) is 22.8. The van der Waals surface area contributed by atoms with Crippen LogP contribution >= 0.6 is 11.3 Å². The molecule has 1 N–H and O–H groups in total. The minimum absolute atomic E-state index is 0.0534. The fraction of sp³-hybridized carbons (Fsp3) is 0.455. The van der Waals surface area contributed by atoms with Crippen molar-refractivity contribution in [2.45, 2.75) is 32.9 Å². The largest absolute Gasteiger partial charge is 0.481 e. The highest BCUT2D eigenvalue weighted by molar-refractivity contribution is 7.13. The van der Waals surface area contributed by atoms with E-state index in [-0.39, 0.29) is 17.7 Å². The van der Waals surface area contributed by atoms with Gasteiger partial charge in [-0.05, 0) is 26.8 Å². The molecule has 0 amide bonds. The molecule has 3 aromatic rings. The maximum Gasteiger partial charge on any atom is 0.277 e. The number of nitrogens with zero attached hydrogens (tertiary/aromatic N) is 5. The molecule has 4 rings (SSSR count). The summed E-state index contributed by atoms with van der Waals surface area (Å²) in [6.07, 6.45) is 1.75. The zero-order valence-electron chi connectivity index (χ0n) is 19.0.